The van der Waals surface area contributed by atoms with E-state index in [0.29, 0.717) is 19.4 Å². The number of carbonyl (C=O) groups excluding carboxylic acids is 1. The van der Waals surface area contributed by atoms with Gasteiger partial charge in [0.05, 0.1) is 6.61 Å². The van der Waals surface area contributed by atoms with Crippen molar-refractivity contribution in [2.75, 3.05) is 19.7 Å². The number of ether oxygens (including phenoxy) is 1. The van der Waals surface area contributed by atoms with Crippen LogP contribution in [-0.2, 0) is 4.79 Å². The number of halogens is 2. The molecule has 0 aromatic heterocycles. The van der Waals surface area contributed by atoms with Crippen molar-refractivity contribution in [3.8, 4) is 5.75 Å². The van der Waals surface area contributed by atoms with E-state index in [9.17, 15) is 9.18 Å². The van der Waals surface area contributed by atoms with Gasteiger partial charge < -0.3 is 15.4 Å². The average molecular weight is 303 g/mol. The highest BCUT2D eigenvalue weighted by molar-refractivity contribution is 5.85. The number of para-hydroxylation sites is 1. The fraction of sp³-hybridized carbons (Fsp3) is 0.500. The van der Waals surface area contributed by atoms with Crippen LogP contribution in [0.15, 0.2) is 24.3 Å². The van der Waals surface area contributed by atoms with E-state index in [0.717, 1.165) is 19.5 Å². The molecule has 6 heteroatoms. The van der Waals surface area contributed by atoms with Crippen LogP contribution in [0.3, 0.4) is 0 Å². The standard InChI is InChI=1S/C14H19FN2O2.ClH/c15-12-4-1-2-5-13(12)19-9-3-6-14(18)17-11-7-8-16-10-11;/h1-2,4-5,11,16H,3,6-10H2,(H,17,18);1H. The van der Waals surface area contributed by atoms with Crippen molar-refractivity contribution >= 4 is 18.3 Å². The Bertz CT molecular complexity index is 425. The van der Waals surface area contributed by atoms with E-state index in [-0.39, 0.29) is 35.9 Å². The van der Waals surface area contributed by atoms with Crippen molar-refractivity contribution in [3.63, 3.8) is 0 Å². The van der Waals surface area contributed by atoms with Gasteiger partial charge in [-0.15, -0.1) is 12.4 Å². The molecule has 20 heavy (non-hydrogen) atoms. The lowest BCUT2D eigenvalue weighted by Gasteiger charge is -2.11. The summed E-state index contributed by atoms with van der Waals surface area (Å²) in [6.45, 7) is 2.15. The molecule has 1 unspecified atom stereocenters. The molecule has 112 valence electrons. The average Bonchev–Trinajstić information content (AvgIpc) is 2.89. The molecule has 2 rings (SSSR count). The summed E-state index contributed by atoms with van der Waals surface area (Å²) in [7, 11) is 0. The second kappa shape index (κ2) is 8.76. The normalized spacial score (nSPS) is 17.4. The Morgan fingerprint density at radius 3 is 2.95 bits per heavy atom. The summed E-state index contributed by atoms with van der Waals surface area (Å²) in [6.07, 6.45) is 1.97. The maximum atomic E-state index is 13.2. The molecule has 1 aliphatic heterocycles. The van der Waals surface area contributed by atoms with E-state index < -0.39 is 0 Å². The predicted octanol–water partition coefficient (Wildman–Crippen LogP) is 1.88. The molecule has 0 radical (unpaired) electrons. The van der Waals surface area contributed by atoms with Crippen LogP contribution in [0, 0.1) is 5.82 Å². The Morgan fingerprint density at radius 2 is 2.25 bits per heavy atom. The van der Waals surface area contributed by atoms with Gasteiger partial charge in [0.2, 0.25) is 5.91 Å². The predicted molar refractivity (Wildman–Crippen MR) is 77.8 cm³/mol. The molecule has 1 amide bonds. The summed E-state index contributed by atoms with van der Waals surface area (Å²) >= 11 is 0. The number of benzene rings is 1. The first-order chi connectivity index (χ1) is 9.25. The van der Waals surface area contributed by atoms with Gasteiger partial charge in [-0.25, -0.2) is 4.39 Å². The van der Waals surface area contributed by atoms with E-state index in [1.165, 1.54) is 6.07 Å². The Balaban J connectivity index is 0.00000200. The van der Waals surface area contributed by atoms with Gasteiger partial charge in [0.1, 0.15) is 0 Å². The lowest BCUT2D eigenvalue weighted by atomic mass is 10.2. The number of carbonyl (C=O) groups is 1. The van der Waals surface area contributed by atoms with Crippen molar-refractivity contribution in [1.82, 2.24) is 10.6 Å². The van der Waals surface area contributed by atoms with Crippen LogP contribution in [0.25, 0.3) is 0 Å². The zero-order chi connectivity index (χ0) is 13.5. The van der Waals surface area contributed by atoms with Gasteiger partial charge in [0.15, 0.2) is 11.6 Å². The van der Waals surface area contributed by atoms with Crippen LogP contribution in [0.4, 0.5) is 4.39 Å². The lowest BCUT2D eigenvalue weighted by Crippen LogP contribution is -2.36. The highest BCUT2D eigenvalue weighted by atomic mass is 35.5. The summed E-state index contributed by atoms with van der Waals surface area (Å²) in [6, 6.07) is 6.53. The smallest absolute Gasteiger partial charge is 0.220 e. The summed E-state index contributed by atoms with van der Waals surface area (Å²) in [5, 5.41) is 6.15. The first-order valence-electron chi connectivity index (χ1n) is 6.63. The Hall–Kier alpha value is -1.33. The molecular formula is C14H20ClFN2O2. The number of nitrogens with one attached hydrogen (secondary N) is 2. The van der Waals surface area contributed by atoms with Gasteiger partial charge in [-0.1, -0.05) is 12.1 Å². The van der Waals surface area contributed by atoms with Crippen molar-refractivity contribution in [3.05, 3.63) is 30.1 Å². The van der Waals surface area contributed by atoms with E-state index in [1.807, 2.05) is 0 Å². The minimum Gasteiger partial charge on any atom is -0.491 e. The zero-order valence-electron chi connectivity index (χ0n) is 11.2. The molecule has 2 N–H and O–H groups in total. The lowest BCUT2D eigenvalue weighted by molar-refractivity contribution is -0.121. The molecule has 1 heterocycles. The molecule has 1 saturated heterocycles. The molecule has 1 aromatic rings. The fourth-order valence-electron chi connectivity index (χ4n) is 2.05. The first-order valence-corrected chi connectivity index (χ1v) is 6.63. The Labute approximate surface area is 124 Å². The minimum atomic E-state index is -0.371. The van der Waals surface area contributed by atoms with E-state index in [2.05, 4.69) is 10.6 Å². The summed E-state index contributed by atoms with van der Waals surface area (Å²) in [5.41, 5.74) is 0. The van der Waals surface area contributed by atoms with Crippen molar-refractivity contribution < 1.29 is 13.9 Å². The van der Waals surface area contributed by atoms with E-state index in [4.69, 9.17) is 4.74 Å². The number of rotatable bonds is 6. The van der Waals surface area contributed by atoms with Gasteiger partial charge in [-0.05, 0) is 31.5 Å². The molecule has 0 saturated carbocycles. The maximum Gasteiger partial charge on any atom is 0.220 e. The Morgan fingerprint density at radius 1 is 1.45 bits per heavy atom. The number of amides is 1. The maximum absolute atomic E-state index is 13.2. The molecule has 1 aliphatic rings. The van der Waals surface area contributed by atoms with E-state index in [1.54, 1.807) is 18.2 Å². The topological polar surface area (TPSA) is 50.4 Å². The molecule has 0 spiro atoms. The molecule has 4 nitrogen and oxygen atoms in total. The van der Waals surface area contributed by atoms with Crippen LogP contribution in [0.1, 0.15) is 19.3 Å². The second-order valence-electron chi connectivity index (χ2n) is 4.64. The third kappa shape index (κ3) is 5.35. The van der Waals surface area contributed by atoms with Gasteiger partial charge >= 0.3 is 0 Å². The molecule has 1 fully saturated rings. The summed E-state index contributed by atoms with van der Waals surface area (Å²) in [5.74, 6) is -0.0993. The highest BCUT2D eigenvalue weighted by Gasteiger charge is 2.16. The Kier molecular flexibility index (Phi) is 7.33. The van der Waals surface area contributed by atoms with Crippen molar-refractivity contribution in [1.29, 1.82) is 0 Å². The molecule has 0 bridgehead atoms. The van der Waals surface area contributed by atoms with Crippen molar-refractivity contribution in [2.24, 2.45) is 0 Å². The fourth-order valence-corrected chi connectivity index (χ4v) is 2.05. The van der Waals surface area contributed by atoms with Crippen molar-refractivity contribution in [2.45, 2.75) is 25.3 Å². The third-order valence-corrected chi connectivity index (χ3v) is 3.07. The van der Waals surface area contributed by atoms with Gasteiger partial charge in [-0.3, -0.25) is 4.79 Å². The number of hydrogen-bond acceptors (Lipinski definition) is 3. The quantitative estimate of drug-likeness (QED) is 0.789. The second-order valence-corrected chi connectivity index (χ2v) is 4.64. The molecule has 1 aromatic carbocycles. The highest BCUT2D eigenvalue weighted by Crippen LogP contribution is 2.15. The first kappa shape index (κ1) is 16.7. The van der Waals surface area contributed by atoms with Crippen LogP contribution >= 0.6 is 12.4 Å². The SMILES string of the molecule is Cl.O=C(CCCOc1ccccc1F)NC1CCNC1. The monoisotopic (exact) mass is 302 g/mol. The van der Waals surface area contributed by atoms with Gasteiger partial charge in [0.25, 0.3) is 0 Å². The summed E-state index contributed by atoms with van der Waals surface area (Å²) < 4.78 is 18.5. The van der Waals surface area contributed by atoms with Crippen LogP contribution in [0.5, 0.6) is 5.75 Å². The van der Waals surface area contributed by atoms with E-state index >= 15 is 0 Å². The minimum absolute atomic E-state index is 0. The third-order valence-electron chi connectivity index (χ3n) is 3.07. The number of hydrogen-bond donors (Lipinski definition) is 2. The zero-order valence-corrected chi connectivity index (χ0v) is 12.0. The molecular weight excluding hydrogens is 283 g/mol. The van der Waals surface area contributed by atoms with Crippen LogP contribution in [0.2, 0.25) is 0 Å². The largest absolute Gasteiger partial charge is 0.491 e. The summed E-state index contributed by atoms with van der Waals surface area (Å²) in [4.78, 5) is 11.6. The molecule has 1 atom stereocenters. The van der Waals surface area contributed by atoms with Crippen LogP contribution < -0.4 is 15.4 Å². The van der Waals surface area contributed by atoms with Crippen LogP contribution in [-0.4, -0.2) is 31.6 Å². The van der Waals surface area contributed by atoms with Gasteiger partial charge in [0, 0.05) is 19.0 Å². The molecule has 0 aliphatic carbocycles. The van der Waals surface area contributed by atoms with Gasteiger partial charge in [-0.2, -0.15) is 0 Å².